The third kappa shape index (κ3) is 4.38. The first-order valence-electron chi connectivity index (χ1n) is 5.25. The molecule has 0 bridgehead atoms. The molecule has 0 aliphatic carbocycles. The van der Waals surface area contributed by atoms with Gasteiger partial charge >= 0.3 is 4.34 Å². The van der Waals surface area contributed by atoms with Crippen molar-refractivity contribution in [3.8, 4) is 12.3 Å². The van der Waals surface area contributed by atoms with E-state index < -0.39 is 11.2 Å². The van der Waals surface area contributed by atoms with E-state index in [2.05, 4.69) is 16.2 Å². The van der Waals surface area contributed by atoms with Gasteiger partial charge in [0, 0.05) is 24.1 Å². The summed E-state index contributed by atoms with van der Waals surface area (Å²) in [6.45, 7) is 2.37. The molecule has 1 unspecified atom stereocenters. The van der Waals surface area contributed by atoms with Crippen molar-refractivity contribution in [1.82, 2.24) is 10.3 Å². The Kier molecular flexibility index (Phi) is 6.05. The SMILES string of the molecule is C#CCCCNC(=O)c1cnc([S+]([O-])CC)s1. The molecule has 0 radical (unpaired) electrons. The van der Waals surface area contributed by atoms with Crippen LogP contribution in [0.3, 0.4) is 0 Å². The molecule has 1 heterocycles. The van der Waals surface area contributed by atoms with E-state index in [0.717, 1.165) is 6.42 Å². The normalized spacial score (nSPS) is 11.8. The van der Waals surface area contributed by atoms with Crippen molar-refractivity contribution in [3.05, 3.63) is 11.1 Å². The fourth-order valence-corrected chi connectivity index (χ4v) is 3.05. The average molecular weight is 270 g/mol. The van der Waals surface area contributed by atoms with Gasteiger partial charge in [-0.3, -0.25) is 4.79 Å². The molecule has 0 saturated carbocycles. The Hall–Kier alpha value is -1.03. The molecule has 1 amide bonds. The van der Waals surface area contributed by atoms with Crippen LogP contribution in [0, 0.1) is 12.3 Å². The van der Waals surface area contributed by atoms with E-state index in [1.165, 1.54) is 17.5 Å². The van der Waals surface area contributed by atoms with Gasteiger partial charge in [0.05, 0.1) is 6.20 Å². The molecule has 1 aromatic rings. The van der Waals surface area contributed by atoms with Crippen LogP contribution in [0.4, 0.5) is 0 Å². The zero-order chi connectivity index (χ0) is 12.7. The van der Waals surface area contributed by atoms with Gasteiger partial charge in [-0.25, -0.2) is 0 Å². The Morgan fingerprint density at radius 2 is 2.53 bits per heavy atom. The number of thiazole rings is 1. The van der Waals surface area contributed by atoms with Crippen LogP contribution in [0.1, 0.15) is 29.4 Å². The third-order valence-electron chi connectivity index (χ3n) is 1.95. The molecule has 0 aromatic carbocycles. The van der Waals surface area contributed by atoms with Gasteiger partial charge < -0.3 is 9.87 Å². The van der Waals surface area contributed by atoms with E-state index >= 15 is 0 Å². The molecule has 1 rings (SSSR count). The van der Waals surface area contributed by atoms with Crippen molar-refractivity contribution < 1.29 is 9.35 Å². The summed E-state index contributed by atoms with van der Waals surface area (Å²) in [5, 5.41) is 2.74. The van der Waals surface area contributed by atoms with E-state index in [1.807, 2.05) is 6.92 Å². The monoisotopic (exact) mass is 270 g/mol. The lowest BCUT2D eigenvalue weighted by atomic mass is 10.3. The number of rotatable bonds is 6. The summed E-state index contributed by atoms with van der Waals surface area (Å²) in [5.41, 5.74) is 0. The van der Waals surface area contributed by atoms with Gasteiger partial charge in [0.25, 0.3) is 5.91 Å². The number of nitrogens with one attached hydrogen (secondary N) is 1. The lowest BCUT2D eigenvalue weighted by molar-refractivity contribution is 0.0957. The van der Waals surface area contributed by atoms with Gasteiger partial charge in [-0.05, 0) is 13.3 Å². The average Bonchev–Trinajstić information content (AvgIpc) is 2.83. The number of nitrogens with zero attached hydrogens (tertiary/aromatic N) is 1. The molecule has 4 nitrogen and oxygen atoms in total. The van der Waals surface area contributed by atoms with Crippen LogP contribution in [-0.2, 0) is 11.2 Å². The van der Waals surface area contributed by atoms with E-state index in [9.17, 15) is 9.35 Å². The third-order valence-corrected chi connectivity index (χ3v) is 4.57. The molecule has 1 aromatic heterocycles. The summed E-state index contributed by atoms with van der Waals surface area (Å²) >= 11 is 0.0799. The first kappa shape index (κ1) is 14.0. The minimum absolute atomic E-state index is 0.182. The van der Waals surface area contributed by atoms with E-state index in [-0.39, 0.29) is 5.91 Å². The number of carbonyl (C=O) groups is 1. The molecular formula is C11H14N2O2S2. The molecule has 92 valence electrons. The Bertz CT molecular complexity index is 412. The zero-order valence-electron chi connectivity index (χ0n) is 9.56. The Morgan fingerprint density at radius 3 is 3.18 bits per heavy atom. The van der Waals surface area contributed by atoms with Crippen molar-refractivity contribution >= 4 is 28.4 Å². The summed E-state index contributed by atoms with van der Waals surface area (Å²) in [6.07, 6.45) is 7.97. The number of carbonyl (C=O) groups excluding carboxylic acids is 1. The maximum absolute atomic E-state index is 11.6. The quantitative estimate of drug-likeness (QED) is 0.483. The van der Waals surface area contributed by atoms with Gasteiger partial charge in [0.2, 0.25) is 0 Å². The Morgan fingerprint density at radius 1 is 1.76 bits per heavy atom. The Labute approximate surface area is 108 Å². The number of amides is 1. The molecule has 0 aliphatic heterocycles. The second-order valence-electron chi connectivity index (χ2n) is 3.19. The maximum Gasteiger partial charge on any atom is 0.302 e. The fourth-order valence-electron chi connectivity index (χ4n) is 1.07. The van der Waals surface area contributed by atoms with Gasteiger partial charge in [0.15, 0.2) is 0 Å². The molecule has 1 atom stereocenters. The van der Waals surface area contributed by atoms with Crippen LogP contribution >= 0.6 is 11.3 Å². The highest BCUT2D eigenvalue weighted by atomic mass is 32.2. The highest BCUT2D eigenvalue weighted by Gasteiger charge is 2.17. The van der Waals surface area contributed by atoms with Crippen molar-refractivity contribution in [3.63, 3.8) is 0 Å². The fraction of sp³-hybridized carbons (Fsp3) is 0.455. The van der Waals surface area contributed by atoms with Gasteiger partial charge in [-0.1, -0.05) is 11.3 Å². The van der Waals surface area contributed by atoms with Crippen molar-refractivity contribution in [2.24, 2.45) is 0 Å². The lowest BCUT2D eigenvalue weighted by Gasteiger charge is -2.02. The van der Waals surface area contributed by atoms with Crippen molar-refractivity contribution in [2.75, 3.05) is 12.3 Å². The minimum atomic E-state index is -1.09. The molecular weight excluding hydrogens is 256 g/mol. The minimum Gasteiger partial charge on any atom is -0.610 e. The van der Waals surface area contributed by atoms with Crippen LogP contribution in [0.25, 0.3) is 0 Å². The van der Waals surface area contributed by atoms with E-state index in [4.69, 9.17) is 6.42 Å². The second-order valence-corrected chi connectivity index (χ2v) is 6.13. The standard InChI is InChI=1S/C11H14N2O2S2/c1-3-5-6-7-12-10(14)9-8-13-11(16-9)17(15)4-2/h1,8H,4-7H2,2H3,(H,12,14). The van der Waals surface area contributed by atoms with Crippen LogP contribution in [-0.4, -0.2) is 27.7 Å². The Balaban J connectivity index is 2.47. The van der Waals surface area contributed by atoms with Crippen LogP contribution < -0.4 is 5.32 Å². The lowest BCUT2D eigenvalue weighted by Crippen LogP contribution is -2.23. The highest BCUT2D eigenvalue weighted by molar-refractivity contribution is 7.93. The summed E-state index contributed by atoms with van der Waals surface area (Å²) in [6, 6.07) is 0. The van der Waals surface area contributed by atoms with Crippen LogP contribution in [0.5, 0.6) is 0 Å². The number of hydrogen-bond donors (Lipinski definition) is 1. The number of hydrogen-bond acceptors (Lipinski definition) is 4. The molecule has 17 heavy (non-hydrogen) atoms. The molecule has 0 spiro atoms. The maximum atomic E-state index is 11.6. The smallest absolute Gasteiger partial charge is 0.302 e. The van der Waals surface area contributed by atoms with Crippen LogP contribution in [0.2, 0.25) is 0 Å². The van der Waals surface area contributed by atoms with Crippen molar-refractivity contribution in [1.29, 1.82) is 0 Å². The highest BCUT2D eigenvalue weighted by Crippen LogP contribution is 2.19. The van der Waals surface area contributed by atoms with Crippen LogP contribution in [0.15, 0.2) is 10.5 Å². The molecule has 0 aliphatic rings. The van der Waals surface area contributed by atoms with E-state index in [1.54, 1.807) is 0 Å². The number of terminal acetylenes is 1. The first-order valence-corrected chi connectivity index (χ1v) is 7.38. The molecule has 0 saturated heterocycles. The summed E-state index contributed by atoms with van der Waals surface area (Å²) in [5.74, 6) is 2.84. The van der Waals surface area contributed by atoms with Gasteiger partial charge in [-0.2, -0.15) is 4.98 Å². The largest absolute Gasteiger partial charge is 0.610 e. The summed E-state index contributed by atoms with van der Waals surface area (Å²) in [4.78, 5) is 16.1. The molecule has 1 N–H and O–H groups in total. The summed E-state index contributed by atoms with van der Waals surface area (Å²) in [7, 11) is 0. The molecule has 0 fully saturated rings. The first-order chi connectivity index (χ1) is 8.19. The van der Waals surface area contributed by atoms with Gasteiger partial charge in [0.1, 0.15) is 10.6 Å². The topological polar surface area (TPSA) is 65.0 Å². The predicted octanol–water partition coefficient (Wildman–Crippen LogP) is 1.41. The number of aromatic nitrogens is 1. The zero-order valence-corrected chi connectivity index (χ0v) is 11.2. The van der Waals surface area contributed by atoms with E-state index in [0.29, 0.717) is 27.9 Å². The summed E-state index contributed by atoms with van der Waals surface area (Å²) < 4.78 is 12.0. The van der Waals surface area contributed by atoms with Gasteiger partial charge in [-0.15, -0.1) is 12.3 Å². The second kappa shape index (κ2) is 7.33. The van der Waals surface area contributed by atoms with Crippen molar-refractivity contribution in [2.45, 2.75) is 24.1 Å². The molecule has 6 heteroatoms. The number of unbranched alkanes of at least 4 members (excludes halogenated alkanes) is 1. The predicted molar refractivity (Wildman–Crippen MR) is 69.5 cm³/mol.